The van der Waals surface area contributed by atoms with Crippen molar-refractivity contribution in [1.82, 2.24) is 35.0 Å². The first-order chi connectivity index (χ1) is 18.0. The Hall–Kier alpha value is -4.73. The maximum atomic E-state index is 14.9. The molecule has 0 atom stereocenters. The number of fused-ring (bicyclic) bond motifs is 1. The third-order valence-corrected chi connectivity index (χ3v) is 6.57. The van der Waals surface area contributed by atoms with E-state index in [9.17, 15) is 14.3 Å². The molecule has 0 bridgehead atoms. The molecule has 5 aromatic rings. The second-order valence-corrected chi connectivity index (χ2v) is 9.13. The summed E-state index contributed by atoms with van der Waals surface area (Å²) >= 11 is 0. The number of benzene rings is 2. The van der Waals surface area contributed by atoms with E-state index < -0.39 is 0 Å². The van der Waals surface area contributed by atoms with Crippen LogP contribution in [0.2, 0.25) is 0 Å². The minimum Gasteiger partial charge on any atom is -0.492 e. The summed E-state index contributed by atoms with van der Waals surface area (Å²) in [6.07, 6.45) is 4.21. The molecular formula is C27H22FN7O2. The van der Waals surface area contributed by atoms with Gasteiger partial charge in [-0.25, -0.2) is 14.4 Å². The molecule has 6 rings (SSSR count). The van der Waals surface area contributed by atoms with Gasteiger partial charge in [0.15, 0.2) is 5.82 Å². The van der Waals surface area contributed by atoms with Gasteiger partial charge in [-0.2, -0.15) is 0 Å². The predicted octanol–water partition coefficient (Wildman–Crippen LogP) is 4.10. The number of amides is 1. The molecule has 1 saturated carbocycles. The van der Waals surface area contributed by atoms with E-state index in [0.29, 0.717) is 52.5 Å². The smallest absolute Gasteiger partial charge is 0.253 e. The van der Waals surface area contributed by atoms with Gasteiger partial charge in [-0.15, -0.1) is 10.2 Å². The van der Waals surface area contributed by atoms with E-state index in [1.54, 1.807) is 47.2 Å². The van der Waals surface area contributed by atoms with E-state index >= 15 is 0 Å². The lowest BCUT2D eigenvalue weighted by molar-refractivity contribution is 0.0908. The maximum absolute atomic E-state index is 14.9. The normalized spacial score (nSPS) is 16.9. The van der Waals surface area contributed by atoms with Crippen molar-refractivity contribution in [2.75, 3.05) is 0 Å². The lowest BCUT2D eigenvalue weighted by Gasteiger charge is -2.35. The Balaban J connectivity index is 1.26. The Morgan fingerprint density at radius 1 is 1.03 bits per heavy atom. The van der Waals surface area contributed by atoms with Gasteiger partial charge in [0, 0.05) is 18.2 Å². The Kier molecular flexibility index (Phi) is 5.56. The maximum Gasteiger partial charge on any atom is 0.253 e. The summed E-state index contributed by atoms with van der Waals surface area (Å²) in [5.74, 6) is 0.113. The highest BCUT2D eigenvalue weighted by atomic mass is 19.1. The van der Waals surface area contributed by atoms with Crippen molar-refractivity contribution in [3.63, 3.8) is 0 Å². The molecule has 1 aliphatic rings. The lowest BCUT2D eigenvalue weighted by atomic mass is 9.79. The molecule has 2 aromatic carbocycles. The minimum absolute atomic E-state index is 0.0343. The highest BCUT2D eigenvalue weighted by Crippen LogP contribution is 2.39. The minimum atomic E-state index is -0.388. The molecule has 184 valence electrons. The second kappa shape index (κ2) is 9.05. The molecule has 0 radical (unpaired) electrons. The van der Waals surface area contributed by atoms with E-state index in [0.717, 1.165) is 5.56 Å². The van der Waals surface area contributed by atoms with Gasteiger partial charge < -0.3 is 10.4 Å². The third kappa shape index (κ3) is 4.16. The van der Waals surface area contributed by atoms with Crippen LogP contribution in [0.3, 0.4) is 0 Å². The number of hydrogen-bond donors (Lipinski definition) is 2. The number of rotatable bonds is 5. The molecular weight excluding hydrogens is 473 g/mol. The van der Waals surface area contributed by atoms with Gasteiger partial charge in [0.25, 0.3) is 5.91 Å². The Morgan fingerprint density at radius 2 is 1.86 bits per heavy atom. The first-order valence-corrected chi connectivity index (χ1v) is 11.9. The van der Waals surface area contributed by atoms with E-state index in [4.69, 9.17) is 0 Å². The zero-order valence-electron chi connectivity index (χ0n) is 19.8. The number of carbonyl (C=O) groups is 1. The van der Waals surface area contributed by atoms with Crippen molar-refractivity contribution in [3.05, 3.63) is 89.8 Å². The molecule has 0 saturated heterocycles. The van der Waals surface area contributed by atoms with E-state index in [2.05, 4.69) is 30.5 Å². The van der Waals surface area contributed by atoms with Crippen molar-refractivity contribution in [1.29, 1.82) is 0 Å². The Labute approximate surface area is 211 Å². The molecule has 1 aliphatic carbocycles. The Morgan fingerprint density at radius 3 is 2.65 bits per heavy atom. The van der Waals surface area contributed by atoms with Gasteiger partial charge in [-0.3, -0.25) is 14.3 Å². The first kappa shape index (κ1) is 22.7. The zero-order valence-corrected chi connectivity index (χ0v) is 19.8. The fourth-order valence-electron chi connectivity index (χ4n) is 4.61. The van der Waals surface area contributed by atoms with Crippen molar-refractivity contribution >= 4 is 16.9 Å². The van der Waals surface area contributed by atoms with Crippen molar-refractivity contribution in [3.8, 4) is 23.1 Å². The number of nitrogens with zero attached hydrogens (tertiary/aromatic N) is 6. The van der Waals surface area contributed by atoms with Crippen molar-refractivity contribution in [2.24, 2.45) is 0 Å². The van der Waals surface area contributed by atoms with Crippen LogP contribution in [0, 0.1) is 12.7 Å². The summed E-state index contributed by atoms with van der Waals surface area (Å²) in [5.41, 5.74) is 3.15. The number of pyridine rings is 1. The predicted molar refractivity (Wildman–Crippen MR) is 134 cm³/mol. The molecule has 3 aromatic heterocycles. The molecule has 37 heavy (non-hydrogen) atoms. The van der Waals surface area contributed by atoms with Crippen LogP contribution in [0.1, 0.15) is 40.5 Å². The van der Waals surface area contributed by atoms with E-state index in [1.165, 1.54) is 12.3 Å². The summed E-state index contributed by atoms with van der Waals surface area (Å²) < 4.78 is 16.6. The number of aromatic hydroxyl groups is 1. The average Bonchev–Trinajstić information content (AvgIpc) is 3.30. The SMILES string of the molecule is Cc1ccc(-c2nnc([C@H]3C[C@H](NC(=O)c4cccc5ncc(O)nc45)C3)n2-c2ccccc2F)nc1. The van der Waals surface area contributed by atoms with Crippen LogP contribution in [0.4, 0.5) is 4.39 Å². The second-order valence-electron chi connectivity index (χ2n) is 9.13. The van der Waals surface area contributed by atoms with E-state index in [-0.39, 0.29) is 29.6 Å². The molecule has 0 spiro atoms. The molecule has 1 fully saturated rings. The number of aromatic nitrogens is 6. The number of carbonyl (C=O) groups excluding carboxylic acids is 1. The fourth-order valence-corrected chi connectivity index (χ4v) is 4.61. The fraction of sp³-hybridized carbons (Fsp3) is 0.185. The highest BCUT2D eigenvalue weighted by Gasteiger charge is 2.36. The first-order valence-electron chi connectivity index (χ1n) is 11.9. The molecule has 10 heteroatoms. The molecule has 0 unspecified atom stereocenters. The van der Waals surface area contributed by atoms with Crippen LogP contribution in [0.5, 0.6) is 5.88 Å². The number of nitrogens with one attached hydrogen (secondary N) is 1. The molecule has 3 heterocycles. The van der Waals surface area contributed by atoms with Crippen LogP contribution in [-0.2, 0) is 0 Å². The molecule has 2 N–H and O–H groups in total. The monoisotopic (exact) mass is 495 g/mol. The number of aryl methyl sites for hydroxylation is 1. The van der Waals surface area contributed by atoms with Crippen LogP contribution < -0.4 is 5.32 Å². The van der Waals surface area contributed by atoms with Gasteiger partial charge in [0.2, 0.25) is 5.88 Å². The summed E-state index contributed by atoms with van der Waals surface area (Å²) in [6.45, 7) is 1.94. The highest BCUT2D eigenvalue weighted by molar-refractivity contribution is 6.04. The third-order valence-electron chi connectivity index (χ3n) is 6.57. The quantitative estimate of drug-likeness (QED) is 0.377. The number of para-hydroxylation sites is 2. The molecule has 1 amide bonds. The lowest BCUT2D eigenvalue weighted by Crippen LogP contribution is -2.44. The van der Waals surface area contributed by atoms with Gasteiger partial charge in [-0.05, 0) is 55.7 Å². The average molecular weight is 496 g/mol. The summed E-state index contributed by atoms with van der Waals surface area (Å²) in [6, 6.07) is 15.3. The van der Waals surface area contributed by atoms with Gasteiger partial charge >= 0.3 is 0 Å². The number of hydrogen-bond acceptors (Lipinski definition) is 7. The summed E-state index contributed by atoms with van der Waals surface area (Å²) in [5, 5.41) is 21.5. The van der Waals surface area contributed by atoms with Crippen molar-refractivity contribution < 1.29 is 14.3 Å². The van der Waals surface area contributed by atoms with Crippen LogP contribution in [0.15, 0.2) is 67.0 Å². The molecule has 9 nitrogen and oxygen atoms in total. The van der Waals surface area contributed by atoms with Crippen molar-refractivity contribution in [2.45, 2.75) is 31.7 Å². The summed E-state index contributed by atoms with van der Waals surface area (Å²) in [4.78, 5) is 25.7. The van der Waals surface area contributed by atoms with Gasteiger partial charge in [0.1, 0.15) is 22.9 Å². The van der Waals surface area contributed by atoms with Crippen LogP contribution in [0.25, 0.3) is 28.2 Å². The van der Waals surface area contributed by atoms with Crippen LogP contribution >= 0.6 is 0 Å². The Bertz CT molecular complexity index is 1630. The van der Waals surface area contributed by atoms with Gasteiger partial charge in [0.05, 0.1) is 23.0 Å². The standard InChI is InChI=1S/C27H22FN7O2/c1-15-9-10-21(29-13-15)26-34-33-25(35(26)22-8-3-2-6-19(22)28)16-11-17(12-16)31-27(37)18-5-4-7-20-24(18)32-23(36)14-30-20/h2-10,13-14,16-17H,11-12H2,1H3,(H,31,37)(H,32,36)/t16-,17-. The largest absolute Gasteiger partial charge is 0.492 e. The number of halogens is 1. The molecule has 0 aliphatic heterocycles. The van der Waals surface area contributed by atoms with Crippen LogP contribution in [-0.4, -0.2) is 46.8 Å². The van der Waals surface area contributed by atoms with Gasteiger partial charge in [-0.1, -0.05) is 24.3 Å². The summed E-state index contributed by atoms with van der Waals surface area (Å²) in [7, 11) is 0. The van der Waals surface area contributed by atoms with E-state index in [1.807, 2.05) is 19.1 Å². The zero-order chi connectivity index (χ0) is 25.5. The topological polar surface area (TPSA) is 119 Å².